The monoisotopic (exact) mass is 455 g/mol. The van der Waals surface area contributed by atoms with Gasteiger partial charge in [0.25, 0.3) is 0 Å². The number of fused-ring (bicyclic) bond motifs is 1. The van der Waals surface area contributed by atoms with Crippen molar-refractivity contribution in [2.24, 2.45) is 10.9 Å². The molecule has 1 fully saturated rings. The van der Waals surface area contributed by atoms with Crippen LogP contribution < -0.4 is 0 Å². The first-order valence-corrected chi connectivity index (χ1v) is 11.0. The number of benzene rings is 2. The van der Waals surface area contributed by atoms with Crippen molar-refractivity contribution in [2.75, 3.05) is 6.61 Å². The van der Waals surface area contributed by atoms with Gasteiger partial charge in [0.1, 0.15) is 5.78 Å². The Kier molecular flexibility index (Phi) is 6.49. The molecule has 33 heavy (non-hydrogen) atoms. The van der Waals surface area contributed by atoms with Gasteiger partial charge in [0, 0.05) is 30.2 Å². The molecule has 2 aliphatic rings. The van der Waals surface area contributed by atoms with Gasteiger partial charge in [-0.1, -0.05) is 48.5 Å². The van der Waals surface area contributed by atoms with Gasteiger partial charge in [0.2, 0.25) is 0 Å². The molecule has 0 amide bonds. The first kappa shape index (κ1) is 23.0. The fourth-order valence-electron chi connectivity index (χ4n) is 4.73. The lowest BCUT2D eigenvalue weighted by Gasteiger charge is -2.36. The second-order valence-corrected chi connectivity index (χ2v) is 8.33. The molecule has 7 heteroatoms. The van der Waals surface area contributed by atoms with Crippen LogP contribution in [0, 0.1) is 5.92 Å². The highest BCUT2D eigenvalue weighted by Gasteiger charge is 2.46. The largest absolute Gasteiger partial charge is 0.462 e. The van der Waals surface area contributed by atoms with E-state index in [4.69, 9.17) is 4.74 Å². The topological polar surface area (TPSA) is 55.7 Å². The predicted octanol–water partition coefficient (Wildman–Crippen LogP) is 5.67. The average Bonchev–Trinajstić information content (AvgIpc) is 2.78. The first-order chi connectivity index (χ1) is 15.8. The highest BCUT2D eigenvalue weighted by Crippen LogP contribution is 2.46. The minimum Gasteiger partial charge on any atom is -0.462 e. The Balaban J connectivity index is 1.72. The molecule has 0 bridgehead atoms. The molecule has 1 aliphatic heterocycles. The van der Waals surface area contributed by atoms with Gasteiger partial charge in [0.05, 0.1) is 23.7 Å². The zero-order valence-electron chi connectivity index (χ0n) is 18.2. The van der Waals surface area contributed by atoms with E-state index in [-0.39, 0.29) is 29.9 Å². The molecule has 172 valence electrons. The van der Waals surface area contributed by atoms with Gasteiger partial charge in [-0.05, 0) is 37.0 Å². The number of carbonyl (C=O) groups is 2. The maximum Gasteiger partial charge on any atom is 0.416 e. The van der Waals surface area contributed by atoms with Crippen LogP contribution >= 0.6 is 0 Å². The van der Waals surface area contributed by atoms with Gasteiger partial charge in [-0.25, -0.2) is 4.79 Å². The minimum atomic E-state index is -4.63. The van der Waals surface area contributed by atoms with E-state index in [9.17, 15) is 22.8 Å². The van der Waals surface area contributed by atoms with E-state index in [0.29, 0.717) is 30.7 Å². The lowest BCUT2D eigenvalue weighted by atomic mass is 9.68. The van der Waals surface area contributed by atoms with Crippen LogP contribution in [0.4, 0.5) is 13.2 Å². The second-order valence-electron chi connectivity index (χ2n) is 8.33. The molecule has 1 heterocycles. The molecule has 4 rings (SSSR count). The number of esters is 1. The zero-order chi connectivity index (χ0) is 23.6. The summed E-state index contributed by atoms with van der Waals surface area (Å²) in [6.45, 7) is 1.67. The van der Waals surface area contributed by atoms with Gasteiger partial charge in [0.15, 0.2) is 0 Å². The van der Waals surface area contributed by atoms with Crippen molar-refractivity contribution in [3.8, 4) is 0 Å². The third kappa shape index (κ3) is 4.77. The summed E-state index contributed by atoms with van der Waals surface area (Å²) >= 11 is 0. The number of rotatable bonds is 5. The Morgan fingerprint density at radius 1 is 1.03 bits per heavy atom. The van der Waals surface area contributed by atoms with Crippen molar-refractivity contribution in [2.45, 2.75) is 44.7 Å². The quantitative estimate of drug-likeness (QED) is 0.546. The highest BCUT2D eigenvalue weighted by molar-refractivity contribution is 6.11. The van der Waals surface area contributed by atoms with E-state index in [2.05, 4.69) is 4.99 Å². The Bertz CT molecular complexity index is 1120. The number of halogens is 3. The summed E-state index contributed by atoms with van der Waals surface area (Å²) in [4.78, 5) is 30.6. The SMILES string of the molecule is CC1=C(C(=O)OCCc2ccccc2)C(c2ccccc2C(F)(F)F)C2C(=O)CCCC2=N1. The number of allylic oxidation sites excluding steroid dienone is 1. The van der Waals surface area contributed by atoms with Gasteiger partial charge in [-0.2, -0.15) is 13.2 Å². The van der Waals surface area contributed by atoms with Crippen molar-refractivity contribution >= 4 is 17.5 Å². The van der Waals surface area contributed by atoms with Crippen LogP contribution in [0.25, 0.3) is 0 Å². The van der Waals surface area contributed by atoms with Crippen molar-refractivity contribution in [3.63, 3.8) is 0 Å². The summed E-state index contributed by atoms with van der Waals surface area (Å²) in [7, 11) is 0. The molecule has 2 atom stereocenters. The summed E-state index contributed by atoms with van der Waals surface area (Å²) in [5.74, 6) is -2.88. The summed E-state index contributed by atoms with van der Waals surface area (Å²) in [6.07, 6.45) is -2.77. The minimum absolute atomic E-state index is 0.0313. The van der Waals surface area contributed by atoms with Crippen LogP contribution in [0.15, 0.2) is 70.9 Å². The van der Waals surface area contributed by atoms with E-state index < -0.39 is 29.5 Å². The van der Waals surface area contributed by atoms with Gasteiger partial charge < -0.3 is 4.74 Å². The summed E-state index contributed by atoms with van der Waals surface area (Å²) < 4.78 is 47.2. The Morgan fingerprint density at radius 2 is 1.73 bits per heavy atom. The molecule has 0 aromatic heterocycles. The summed E-state index contributed by atoms with van der Waals surface area (Å²) in [6, 6.07) is 14.6. The van der Waals surface area contributed by atoms with E-state index >= 15 is 0 Å². The molecule has 2 unspecified atom stereocenters. The van der Waals surface area contributed by atoms with Crippen LogP contribution in [0.5, 0.6) is 0 Å². The van der Waals surface area contributed by atoms with Crippen LogP contribution in [0.2, 0.25) is 0 Å². The third-order valence-corrected chi connectivity index (χ3v) is 6.20. The lowest BCUT2D eigenvalue weighted by molar-refractivity contribution is -0.141. The van der Waals surface area contributed by atoms with Crippen LogP contribution in [0.3, 0.4) is 0 Å². The van der Waals surface area contributed by atoms with Crippen molar-refractivity contribution in [3.05, 3.63) is 82.6 Å². The standard InChI is InChI=1S/C26H24F3NO3/c1-16-22(25(32)33-15-14-17-8-3-2-4-9-17)23(24-20(30-16)12-7-13-21(24)31)18-10-5-6-11-19(18)26(27,28)29/h2-6,8-11,23-24H,7,12-15H2,1H3. The van der Waals surface area contributed by atoms with Crippen molar-refractivity contribution in [1.82, 2.24) is 0 Å². The Labute approximate surface area is 190 Å². The predicted molar refractivity (Wildman–Crippen MR) is 118 cm³/mol. The molecular weight excluding hydrogens is 431 g/mol. The van der Waals surface area contributed by atoms with E-state index in [1.165, 1.54) is 18.2 Å². The number of hydrogen-bond donors (Lipinski definition) is 0. The number of Topliss-reactive ketones (excluding diaryl/α,β-unsaturated/α-hetero) is 1. The fraction of sp³-hybridized carbons (Fsp3) is 0.346. The van der Waals surface area contributed by atoms with Crippen molar-refractivity contribution < 1.29 is 27.5 Å². The third-order valence-electron chi connectivity index (χ3n) is 6.20. The number of ketones is 1. The first-order valence-electron chi connectivity index (χ1n) is 11.0. The molecule has 2 aromatic rings. The average molecular weight is 455 g/mol. The molecule has 4 nitrogen and oxygen atoms in total. The maximum absolute atomic E-state index is 13.9. The number of alkyl halides is 3. The molecular formula is C26H24F3NO3. The van der Waals surface area contributed by atoms with Gasteiger partial charge in [-0.3, -0.25) is 9.79 Å². The lowest BCUT2D eigenvalue weighted by Crippen LogP contribution is -2.39. The number of nitrogens with zero attached hydrogens (tertiary/aromatic N) is 1. The number of aliphatic imine (C=N–C) groups is 1. The number of hydrogen-bond acceptors (Lipinski definition) is 4. The molecule has 1 aliphatic carbocycles. The number of ether oxygens (including phenoxy) is 1. The summed E-state index contributed by atoms with van der Waals surface area (Å²) in [5, 5.41) is 0. The Hall–Kier alpha value is -3.22. The molecule has 0 spiro atoms. The normalized spacial score (nSPS) is 20.8. The van der Waals surface area contributed by atoms with Crippen LogP contribution in [-0.2, 0) is 26.9 Å². The van der Waals surface area contributed by atoms with Gasteiger partial charge >= 0.3 is 12.1 Å². The molecule has 1 saturated carbocycles. The number of carbonyl (C=O) groups excluding carboxylic acids is 2. The van der Waals surface area contributed by atoms with Crippen molar-refractivity contribution in [1.29, 1.82) is 0 Å². The van der Waals surface area contributed by atoms with E-state index in [0.717, 1.165) is 11.6 Å². The maximum atomic E-state index is 13.9. The molecule has 2 aromatic carbocycles. The Morgan fingerprint density at radius 3 is 2.45 bits per heavy atom. The van der Waals surface area contributed by atoms with Gasteiger partial charge in [-0.15, -0.1) is 0 Å². The fourth-order valence-corrected chi connectivity index (χ4v) is 4.73. The molecule has 0 radical (unpaired) electrons. The van der Waals surface area contributed by atoms with E-state index in [1.54, 1.807) is 6.92 Å². The van der Waals surface area contributed by atoms with E-state index in [1.807, 2.05) is 30.3 Å². The summed E-state index contributed by atoms with van der Waals surface area (Å²) in [5.41, 5.74) is 0.920. The smallest absolute Gasteiger partial charge is 0.416 e. The second kappa shape index (κ2) is 9.33. The van der Waals surface area contributed by atoms with Crippen LogP contribution in [0.1, 0.15) is 48.8 Å². The molecule has 0 N–H and O–H groups in total. The highest BCUT2D eigenvalue weighted by atomic mass is 19.4. The van der Waals surface area contributed by atoms with Crippen LogP contribution in [-0.4, -0.2) is 24.1 Å². The molecule has 0 saturated heterocycles. The zero-order valence-corrected chi connectivity index (χ0v) is 18.2.